The summed E-state index contributed by atoms with van der Waals surface area (Å²) in [4.78, 5) is 16.3. The number of aromatic nitrogens is 4. The van der Waals surface area contributed by atoms with Crippen molar-refractivity contribution in [3.8, 4) is 5.82 Å². The van der Waals surface area contributed by atoms with Crippen LogP contribution in [-0.2, 0) is 17.1 Å². The van der Waals surface area contributed by atoms with Crippen molar-refractivity contribution in [3.05, 3.63) is 59.4 Å². The van der Waals surface area contributed by atoms with Crippen molar-refractivity contribution in [1.82, 2.24) is 25.2 Å². The van der Waals surface area contributed by atoms with Gasteiger partial charge in [0.05, 0.1) is 11.4 Å². The number of carbonyl (C=O) groups is 1. The van der Waals surface area contributed by atoms with Gasteiger partial charge in [-0.25, -0.2) is 9.67 Å². The number of hydrogen-bond acceptors (Lipinski definition) is 6. The van der Waals surface area contributed by atoms with Gasteiger partial charge in [-0.3, -0.25) is 4.79 Å². The van der Waals surface area contributed by atoms with Crippen molar-refractivity contribution in [2.75, 3.05) is 5.75 Å². The SMILES string of the molecule is Cc1noc(C)c1CSCC(=O)NCc1ccc(-n2cccn2)nc1. The number of hydrogen-bond donors (Lipinski definition) is 1. The van der Waals surface area contributed by atoms with E-state index in [1.165, 1.54) is 0 Å². The Kier molecular flexibility index (Phi) is 5.49. The maximum absolute atomic E-state index is 12.0. The minimum Gasteiger partial charge on any atom is -0.361 e. The number of nitrogens with one attached hydrogen (secondary N) is 1. The van der Waals surface area contributed by atoms with E-state index in [-0.39, 0.29) is 5.91 Å². The second-order valence-electron chi connectivity index (χ2n) is 5.55. The van der Waals surface area contributed by atoms with E-state index in [9.17, 15) is 4.79 Å². The van der Waals surface area contributed by atoms with Gasteiger partial charge >= 0.3 is 0 Å². The van der Waals surface area contributed by atoms with Gasteiger partial charge in [0, 0.05) is 36.5 Å². The number of nitrogens with zero attached hydrogens (tertiary/aromatic N) is 4. The largest absolute Gasteiger partial charge is 0.361 e. The van der Waals surface area contributed by atoms with Gasteiger partial charge in [0.25, 0.3) is 0 Å². The molecule has 0 saturated heterocycles. The predicted molar refractivity (Wildman–Crippen MR) is 95.3 cm³/mol. The third kappa shape index (κ3) is 4.48. The lowest BCUT2D eigenvalue weighted by molar-refractivity contribution is -0.118. The van der Waals surface area contributed by atoms with Gasteiger partial charge in [0.1, 0.15) is 5.76 Å². The normalized spacial score (nSPS) is 10.8. The van der Waals surface area contributed by atoms with Crippen LogP contribution in [0.2, 0.25) is 0 Å². The molecule has 7 nitrogen and oxygen atoms in total. The highest BCUT2D eigenvalue weighted by Crippen LogP contribution is 2.19. The summed E-state index contributed by atoms with van der Waals surface area (Å²) in [6.45, 7) is 4.25. The number of pyridine rings is 1. The first-order chi connectivity index (χ1) is 12.1. The van der Waals surface area contributed by atoms with Crippen molar-refractivity contribution in [2.24, 2.45) is 0 Å². The zero-order valence-electron chi connectivity index (χ0n) is 14.1. The van der Waals surface area contributed by atoms with Crippen LogP contribution in [-0.4, -0.2) is 31.6 Å². The Balaban J connectivity index is 1.43. The molecule has 3 heterocycles. The molecule has 25 heavy (non-hydrogen) atoms. The first-order valence-corrected chi connectivity index (χ1v) is 9.00. The molecule has 0 aromatic carbocycles. The van der Waals surface area contributed by atoms with E-state index in [1.807, 2.05) is 38.2 Å². The molecule has 3 rings (SSSR count). The van der Waals surface area contributed by atoms with Gasteiger partial charge in [0.2, 0.25) is 5.91 Å². The molecular formula is C17H19N5O2S. The monoisotopic (exact) mass is 357 g/mol. The van der Waals surface area contributed by atoms with Crippen LogP contribution < -0.4 is 5.32 Å². The predicted octanol–water partition coefficient (Wildman–Crippen LogP) is 2.42. The molecule has 0 aliphatic heterocycles. The highest BCUT2D eigenvalue weighted by Gasteiger charge is 2.10. The van der Waals surface area contributed by atoms with Crippen LogP contribution in [0.15, 0.2) is 41.3 Å². The maximum atomic E-state index is 12.0. The molecule has 0 saturated carbocycles. The van der Waals surface area contributed by atoms with Crippen LogP contribution in [0.3, 0.4) is 0 Å². The van der Waals surface area contributed by atoms with Crippen molar-refractivity contribution < 1.29 is 9.32 Å². The van der Waals surface area contributed by atoms with Crippen molar-refractivity contribution >= 4 is 17.7 Å². The zero-order valence-corrected chi connectivity index (χ0v) is 14.9. The van der Waals surface area contributed by atoms with E-state index in [1.54, 1.807) is 28.8 Å². The van der Waals surface area contributed by atoms with Crippen LogP contribution >= 0.6 is 11.8 Å². The molecule has 0 unspecified atom stereocenters. The van der Waals surface area contributed by atoms with Crippen LogP contribution in [0, 0.1) is 13.8 Å². The van der Waals surface area contributed by atoms with Gasteiger partial charge in [-0.05, 0) is 31.5 Å². The average Bonchev–Trinajstić information content (AvgIpc) is 3.26. The minimum atomic E-state index is -0.00656. The van der Waals surface area contributed by atoms with Crippen molar-refractivity contribution in [2.45, 2.75) is 26.1 Å². The van der Waals surface area contributed by atoms with Crippen molar-refractivity contribution in [1.29, 1.82) is 0 Å². The molecular weight excluding hydrogens is 338 g/mol. The molecule has 3 aromatic heterocycles. The summed E-state index contributed by atoms with van der Waals surface area (Å²) >= 11 is 1.54. The topological polar surface area (TPSA) is 85.8 Å². The fourth-order valence-corrected chi connectivity index (χ4v) is 3.27. The third-order valence-electron chi connectivity index (χ3n) is 3.70. The molecule has 130 valence electrons. The minimum absolute atomic E-state index is 0.00656. The summed E-state index contributed by atoms with van der Waals surface area (Å²) in [6.07, 6.45) is 5.28. The van der Waals surface area contributed by atoms with E-state index >= 15 is 0 Å². The molecule has 0 bridgehead atoms. The Morgan fingerprint density at radius 1 is 1.36 bits per heavy atom. The van der Waals surface area contributed by atoms with E-state index in [4.69, 9.17) is 4.52 Å². The molecule has 0 aliphatic rings. The number of amides is 1. The fourth-order valence-electron chi connectivity index (χ4n) is 2.27. The van der Waals surface area contributed by atoms with E-state index in [2.05, 4.69) is 20.6 Å². The molecule has 0 spiro atoms. The summed E-state index contributed by atoms with van der Waals surface area (Å²) in [7, 11) is 0. The number of carbonyl (C=O) groups excluding carboxylic acids is 1. The summed E-state index contributed by atoms with van der Waals surface area (Å²) < 4.78 is 6.81. The smallest absolute Gasteiger partial charge is 0.230 e. The Bertz CT molecular complexity index is 808. The quantitative estimate of drug-likeness (QED) is 0.699. The lowest BCUT2D eigenvalue weighted by Crippen LogP contribution is -2.24. The Hall–Kier alpha value is -2.61. The van der Waals surface area contributed by atoms with Gasteiger partial charge in [0.15, 0.2) is 5.82 Å². The average molecular weight is 357 g/mol. The Morgan fingerprint density at radius 3 is 2.88 bits per heavy atom. The van der Waals surface area contributed by atoms with E-state index < -0.39 is 0 Å². The summed E-state index contributed by atoms with van der Waals surface area (Å²) in [5.41, 5.74) is 2.89. The van der Waals surface area contributed by atoms with Gasteiger partial charge in [-0.2, -0.15) is 5.10 Å². The standard InChI is InChI=1S/C17H19N5O2S/c1-12-15(13(2)24-21-12)10-25-11-17(23)19-9-14-4-5-16(18-8-14)22-7-3-6-20-22/h3-8H,9-11H2,1-2H3,(H,19,23). The zero-order chi connectivity index (χ0) is 17.6. The molecule has 0 fully saturated rings. The molecule has 0 atom stereocenters. The molecule has 0 aliphatic carbocycles. The first kappa shape index (κ1) is 17.2. The van der Waals surface area contributed by atoms with E-state index in [0.29, 0.717) is 18.1 Å². The highest BCUT2D eigenvalue weighted by molar-refractivity contribution is 7.99. The Labute approximate surface area is 149 Å². The van der Waals surface area contributed by atoms with Crippen LogP contribution in [0.1, 0.15) is 22.6 Å². The lowest BCUT2D eigenvalue weighted by Gasteiger charge is -2.06. The van der Waals surface area contributed by atoms with Gasteiger partial charge < -0.3 is 9.84 Å². The second-order valence-corrected chi connectivity index (χ2v) is 6.53. The molecule has 3 aromatic rings. The number of aryl methyl sites for hydroxylation is 2. The first-order valence-electron chi connectivity index (χ1n) is 7.84. The van der Waals surface area contributed by atoms with Crippen molar-refractivity contribution in [3.63, 3.8) is 0 Å². The number of thioether (sulfide) groups is 1. The maximum Gasteiger partial charge on any atom is 0.230 e. The van der Waals surface area contributed by atoms with Crippen LogP contribution in [0.4, 0.5) is 0 Å². The van der Waals surface area contributed by atoms with Gasteiger partial charge in [-0.15, -0.1) is 11.8 Å². The highest BCUT2D eigenvalue weighted by atomic mass is 32.2. The van der Waals surface area contributed by atoms with Gasteiger partial charge in [-0.1, -0.05) is 11.2 Å². The van der Waals surface area contributed by atoms with Crippen LogP contribution in [0.5, 0.6) is 0 Å². The van der Waals surface area contributed by atoms with E-state index in [0.717, 1.165) is 28.4 Å². The molecule has 1 N–H and O–H groups in total. The molecule has 0 radical (unpaired) electrons. The number of rotatable bonds is 7. The third-order valence-corrected chi connectivity index (χ3v) is 4.66. The Morgan fingerprint density at radius 2 is 2.24 bits per heavy atom. The summed E-state index contributed by atoms with van der Waals surface area (Å²) in [5, 5.41) is 10.9. The molecule has 8 heteroatoms. The van der Waals surface area contributed by atoms with Crippen LogP contribution in [0.25, 0.3) is 5.82 Å². The summed E-state index contributed by atoms with van der Waals surface area (Å²) in [5.74, 6) is 2.66. The molecule has 1 amide bonds. The second kappa shape index (κ2) is 7.98. The summed E-state index contributed by atoms with van der Waals surface area (Å²) in [6, 6.07) is 5.65. The lowest BCUT2D eigenvalue weighted by atomic mass is 10.2. The fraction of sp³-hybridized carbons (Fsp3) is 0.294.